The highest BCUT2D eigenvalue weighted by atomic mass is 19.4. The van der Waals surface area contributed by atoms with Crippen LogP contribution in [0.4, 0.5) is 13.2 Å². The number of nitrogens with one attached hydrogen (secondary N) is 2. The van der Waals surface area contributed by atoms with Gasteiger partial charge in [-0.1, -0.05) is 24.3 Å². The van der Waals surface area contributed by atoms with Crippen LogP contribution in [0.25, 0.3) is 0 Å². The molecule has 5 nitrogen and oxygen atoms in total. The molecule has 1 aliphatic rings. The van der Waals surface area contributed by atoms with Crippen LogP contribution in [-0.4, -0.2) is 24.5 Å². The van der Waals surface area contributed by atoms with Gasteiger partial charge in [0.05, 0.1) is 12.7 Å². The second-order valence-corrected chi connectivity index (χ2v) is 7.83. The number of halogens is 3. The molecule has 31 heavy (non-hydrogen) atoms. The van der Waals surface area contributed by atoms with Gasteiger partial charge in [-0.3, -0.25) is 9.59 Å². The lowest BCUT2D eigenvalue weighted by molar-refractivity contribution is -0.137. The van der Waals surface area contributed by atoms with E-state index in [-0.39, 0.29) is 24.8 Å². The van der Waals surface area contributed by atoms with Crippen molar-refractivity contribution in [2.45, 2.75) is 50.4 Å². The number of amides is 2. The summed E-state index contributed by atoms with van der Waals surface area (Å²) in [5.41, 5.74) is 0.0938. The van der Waals surface area contributed by atoms with Crippen molar-refractivity contribution in [2.24, 2.45) is 0 Å². The van der Waals surface area contributed by atoms with Gasteiger partial charge in [0.1, 0.15) is 5.75 Å². The molecule has 166 valence electrons. The smallest absolute Gasteiger partial charge is 0.416 e. The first-order valence-electron chi connectivity index (χ1n) is 10.1. The fraction of sp³-hybridized carbons (Fsp3) is 0.391. The number of carbonyl (C=O) groups excluding carboxylic acids is 2. The molecule has 1 saturated heterocycles. The Hall–Kier alpha value is -3.03. The number of methoxy groups -OCH3 is 1. The largest absolute Gasteiger partial charge is 0.497 e. The SMILES string of the molecule is COc1cccc(C[C@@]2(CCC(=O)NCc3cccc(C(F)(F)F)c3)CCC(=O)N2)c1. The van der Waals surface area contributed by atoms with Gasteiger partial charge in [0.2, 0.25) is 11.8 Å². The molecule has 2 N–H and O–H groups in total. The molecule has 0 aliphatic carbocycles. The Labute approximate surface area is 179 Å². The van der Waals surface area contributed by atoms with Gasteiger partial charge in [-0.15, -0.1) is 0 Å². The molecule has 0 saturated carbocycles. The van der Waals surface area contributed by atoms with Crippen LogP contribution in [0.5, 0.6) is 5.75 Å². The van der Waals surface area contributed by atoms with E-state index >= 15 is 0 Å². The number of ether oxygens (including phenoxy) is 1. The van der Waals surface area contributed by atoms with Crippen molar-refractivity contribution in [3.05, 3.63) is 65.2 Å². The summed E-state index contributed by atoms with van der Waals surface area (Å²) in [6.07, 6.45) is -2.25. The van der Waals surface area contributed by atoms with E-state index in [1.54, 1.807) is 7.11 Å². The van der Waals surface area contributed by atoms with Gasteiger partial charge in [0, 0.05) is 24.9 Å². The summed E-state index contributed by atoms with van der Waals surface area (Å²) < 4.78 is 43.7. The zero-order valence-electron chi connectivity index (χ0n) is 17.2. The molecule has 2 aromatic rings. The summed E-state index contributed by atoms with van der Waals surface area (Å²) >= 11 is 0. The lowest BCUT2D eigenvalue weighted by Crippen LogP contribution is -2.44. The third-order valence-corrected chi connectivity index (χ3v) is 5.49. The molecule has 1 fully saturated rings. The maximum absolute atomic E-state index is 12.8. The van der Waals surface area contributed by atoms with Crippen molar-refractivity contribution < 1.29 is 27.5 Å². The highest BCUT2D eigenvalue weighted by Crippen LogP contribution is 2.31. The Morgan fingerprint density at radius 3 is 2.58 bits per heavy atom. The first-order chi connectivity index (χ1) is 14.7. The quantitative estimate of drug-likeness (QED) is 0.660. The molecule has 1 heterocycles. The first kappa shape index (κ1) is 22.7. The summed E-state index contributed by atoms with van der Waals surface area (Å²) in [4.78, 5) is 24.3. The molecule has 1 aliphatic heterocycles. The monoisotopic (exact) mass is 434 g/mol. The van der Waals surface area contributed by atoms with Crippen molar-refractivity contribution in [1.29, 1.82) is 0 Å². The predicted octanol–water partition coefficient (Wildman–Crippen LogP) is 4.00. The topological polar surface area (TPSA) is 67.4 Å². The van der Waals surface area contributed by atoms with Gasteiger partial charge >= 0.3 is 6.18 Å². The lowest BCUT2D eigenvalue weighted by Gasteiger charge is -2.29. The maximum Gasteiger partial charge on any atom is 0.416 e. The van der Waals surface area contributed by atoms with Gasteiger partial charge in [0.15, 0.2) is 0 Å². The first-order valence-corrected chi connectivity index (χ1v) is 10.1. The van der Waals surface area contributed by atoms with Gasteiger partial charge in [-0.05, 0) is 54.7 Å². The Balaban J connectivity index is 1.59. The van der Waals surface area contributed by atoms with Crippen LogP contribution in [-0.2, 0) is 28.7 Å². The van der Waals surface area contributed by atoms with Gasteiger partial charge in [0.25, 0.3) is 0 Å². The fourth-order valence-corrected chi connectivity index (χ4v) is 3.85. The molecular formula is C23H25F3N2O3. The fourth-order valence-electron chi connectivity index (χ4n) is 3.85. The summed E-state index contributed by atoms with van der Waals surface area (Å²) in [5.74, 6) is 0.395. The van der Waals surface area contributed by atoms with Crippen LogP contribution in [0.1, 0.15) is 42.4 Å². The number of hydrogen-bond donors (Lipinski definition) is 2. The number of alkyl halides is 3. The second-order valence-electron chi connectivity index (χ2n) is 7.83. The normalized spacial score (nSPS) is 18.5. The van der Waals surface area contributed by atoms with Crippen LogP contribution in [0.2, 0.25) is 0 Å². The molecule has 8 heteroatoms. The molecule has 3 rings (SSSR count). The minimum atomic E-state index is -4.42. The number of hydrogen-bond acceptors (Lipinski definition) is 3. The summed E-state index contributed by atoms with van der Waals surface area (Å²) in [6, 6.07) is 12.4. The highest BCUT2D eigenvalue weighted by molar-refractivity contribution is 5.80. The van der Waals surface area contributed by atoms with E-state index in [1.165, 1.54) is 12.1 Å². The lowest BCUT2D eigenvalue weighted by atomic mass is 9.85. The third kappa shape index (κ3) is 6.23. The minimum Gasteiger partial charge on any atom is -0.497 e. The molecule has 0 unspecified atom stereocenters. The Morgan fingerprint density at radius 1 is 1.16 bits per heavy atom. The van der Waals surface area contributed by atoms with Crippen LogP contribution >= 0.6 is 0 Å². The van der Waals surface area contributed by atoms with Gasteiger partial charge in [-0.25, -0.2) is 0 Å². The zero-order chi connectivity index (χ0) is 22.5. The van der Waals surface area contributed by atoms with Gasteiger partial charge < -0.3 is 15.4 Å². The molecule has 0 aromatic heterocycles. The van der Waals surface area contributed by atoms with Gasteiger partial charge in [-0.2, -0.15) is 13.2 Å². The molecule has 0 bridgehead atoms. The molecular weight excluding hydrogens is 409 g/mol. The van der Waals surface area contributed by atoms with Crippen LogP contribution in [0.15, 0.2) is 48.5 Å². The van der Waals surface area contributed by atoms with Crippen molar-refractivity contribution in [1.82, 2.24) is 10.6 Å². The number of benzene rings is 2. The van der Waals surface area contributed by atoms with Crippen LogP contribution in [0.3, 0.4) is 0 Å². The van der Waals surface area contributed by atoms with E-state index in [4.69, 9.17) is 4.74 Å². The van der Waals surface area contributed by atoms with E-state index in [0.717, 1.165) is 23.4 Å². The van der Waals surface area contributed by atoms with E-state index < -0.39 is 17.3 Å². The highest BCUT2D eigenvalue weighted by Gasteiger charge is 2.38. The van der Waals surface area contributed by atoms with Crippen molar-refractivity contribution in [3.63, 3.8) is 0 Å². The summed E-state index contributed by atoms with van der Waals surface area (Å²) in [6.45, 7) is 0.0119. The maximum atomic E-state index is 12.8. The number of carbonyl (C=O) groups is 2. The predicted molar refractivity (Wildman–Crippen MR) is 109 cm³/mol. The molecule has 1 atom stereocenters. The minimum absolute atomic E-state index is 0.0119. The molecule has 2 aromatic carbocycles. The van der Waals surface area contributed by atoms with Crippen molar-refractivity contribution in [3.8, 4) is 5.75 Å². The summed E-state index contributed by atoms with van der Waals surface area (Å²) in [7, 11) is 1.58. The van der Waals surface area contributed by atoms with Crippen molar-refractivity contribution in [2.75, 3.05) is 7.11 Å². The van der Waals surface area contributed by atoms with Crippen LogP contribution in [0, 0.1) is 0 Å². The van der Waals surface area contributed by atoms with E-state index in [0.29, 0.717) is 31.2 Å². The standard InChI is InChI=1S/C23H25F3N2O3/c1-31-19-7-3-4-16(13-19)14-22(11-9-21(30)28-22)10-8-20(29)27-15-17-5-2-6-18(12-17)23(24,25)26/h2-7,12-13H,8-11,14-15H2,1H3,(H,27,29)(H,28,30)/t22-/m1/s1. The zero-order valence-corrected chi connectivity index (χ0v) is 17.2. The van der Waals surface area contributed by atoms with E-state index in [9.17, 15) is 22.8 Å². The second kappa shape index (κ2) is 9.41. The van der Waals surface area contributed by atoms with E-state index in [2.05, 4.69) is 10.6 Å². The third-order valence-electron chi connectivity index (χ3n) is 5.49. The van der Waals surface area contributed by atoms with E-state index in [1.807, 2.05) is 24.3 Å². The Morgan fingerprint density at radius 2 is 1.90 bits per heavy atom. The van der Waals surface area contributed by atoms with Crippen LogP contribution < -0.4 is 15.4 Å². The molecule has 2 amide bonds. The number of rotatable bonds is 8. The average molecular weight is 434 g/mol. The van der Waals surface area contributed by atoms with Crippen molar-refractivity contribution >= 4 is 11.8 Å². The molecule has 0 spiro atoms. The molecule has 0 radical (unpaired) electrons. The Kier molecular flexibility index (Phi) is 6.87. The average Bonchev–Trinajstić information content (AvgIpc) is 3.11. The Bertz CT molecular complexity index is 946. The summed E-state index contributed by atoms with van der Waals surface area (Å²) in [5, 5.41) is 5.69.